The van der Waals surface area contributed by atoms with Crippen LogP contribution in [-0.2, 0) is 26.0 Å². The highest BCUT2D eigenvalue weighted by Crippen LogP contribution is 2.28. The van der Waals surface area contributed by atoms with Gasteiger partial charge in [-0.2, -0.15) is 4.31 Å². The van der Waals surface area contributed by atoms with Gasteiger partial charge in [0.2, 0.25) is 10.0 Å². The molecule has 1 unspecified atom stereocenters. The van der Waals surface area contributed by atoms with Crippen molar-refractivity contribution in [1.29, 1.82) is 0 Å². The molecule has 1 heterocycles. The van der Waals surface area contributed by atoms with E-state index in [4.69, 9.17) is 9.47 Å². The first kappa shape index (κ1) is 22.3. The molecule has 0 N–H and O–H groups in total. The lowest BCUT2D eigenvalue weighted by molar-refractivity contribution is -0.149. The molecule has 2 aromatic carbocycles. The van der Waals surface area contributed by atoms with Gasteiger partial charge in [-0.15, -0.1) is 0 Å². The van der Waals surface area contributed by atoms with Gasteiger partial charge in [0.15, 0.2) is 0 Å². The van der Waals surface area contributed by atoms with Crippen LogP contribution >= 0.6 is 0 Å². The molecule has 7 heteroatoms. The van der Waals surface area contributed by atoms with E-state index < -0.39 is 22.0 Å². The molecule has 0 spiro atoms. The minimum Gasteiger partial charge on any atom is -0.497 e. The van der Waals surface area contributed by atoms with Crippen molar-refractivity contribution in [2.75, 3.05) is 20.3 Å². The quantitative estimate of drug-likeness (QED) is 0.446. The first-order chi connectivity index (χ1) is 14.5. The molecule has 1 fully saturated rings. The number of sulfonamides is 1. The summed E-state index contributed by atoms with van der Waals surface area (Å²) in [5.74, 6) is 0.00603. The van der Waals surface area contributed by atoms with Crippen LogP contribution in [-0.4, -0.2) is 45.0 Å². The van der Waals surface area contributed by atoms with E-state index in [0.717, 1.165) is 32.1 Å². The van der Waals surface area contributed by atoms with Crippen molar-refractivity contribution in [1.82, 2.24) is 4.31 Å². The minimum atomic E-state index is -3.81. The lowest BCUT2D eigenvalue weighted by Crippen LogP contribution is -2.48. The second kappa shape index (κ2) is 10.6. The Kier molecular flexibility index (Phi) is 7.87. The Balaban J connectivity index is 1.58. The van der Waals surface area contributed by atoms with E-state index in [2.05, 4.69) is 12.1 Å². The summed E-state index contributed by atoms with van der Waals surface area (Å²) in [5.41, 5.74) is 1.26. The maximum atomic E-state index is 13.2. The molecule has 1 aliphatic heterocycles. The largest absolute Gasteiger partial charge is 0.497 e. The van der Waals surface area contributed by atoms with Crippen LogP contribution in [0.3, 0.4) is 0 Å². The van der Waals surface area contributed by atoms with Crippen molar-refractivity contribution >= 4 is 16.0 Å². The van der Waals surface area contributed by atoms with E-state index in [9.17, 15) is 13.2 Å². The number of carbonyl (C=O) groups excluding carboxylic acids is 1. The van der Waals surface area contributed by atoms with Crippen LogP contribution in [0.2, 0.25) is 0 Å². The van der Waals surface area contributed by atoms with Crippen molar-refractivity contribution in [3.8, 4) is 5.75 Å². The molecule has 1 aliphatic rings. The second-order valence-electron chi connectivity index (χ2n) is 7.42. The molecular formula is C23H29NO5S. The highest BCUT2D eigenvalue weighted by molar-refractivity contribution is 7.89. The van der Waals surface area contributed by atoms with Gasteiger partial charge >= 0.3 is 5.97 Å². The number of unbranched alkanes of at least 4 members (excludes halogenated alkanes) is 1. The SMILES string of the molecule is COc1cccc(S(=O)(=O)N2CCCCC2C(=O)OCCCCc2ccccc2)c1. The third-order valence-electron chi connectivity index (χ3n) is 5.32. The Bertz CT molecular complexity index is 930. The van der Waals surface area contributed by atoms with Crippen LogP contribution < -0.4 is 4.74 Å². The van der Waals surface area contributed by atoms with E-state index in [0.29, 0.717) is 25.3 Å². The number of nitrogens with zero attached hydrogens (tertiary/aromatic N) is 1. The van der Waals surface area contributed by atoms with Crippen LogP contribution in [0, 0.1) is 0 Å². The summed E-state index contributed by atoms with van der Waals surface area (Å²) < 4.78 is 38.2. The zero-order valence-electron chi connectivity index (χ0n) is 17.3. The topological polar surface area (TPSA) is 72.9 Å². The molecule has 30 heavy (non-hydrogen) atoms. The number of hydrogen-bond donors (Lipinski definition) is 0. The molecule has 1 atom stereocenters. The summed E-state index contributed by atoms with van der Waals surface area (Å²) in [5, 5.41) is 0. The van der Waals surface area contributed by atoms with Crippen LogP contribution in [0.25, 0.3) is 0 Å². The lowest BCUT2D eigenvalue weighted by Gasteiger charge is -2.33. The summed E-state index contributed by atoms with van der Waals surface area (Å²) in [6, 6.07) is 15.7. The van der Waals surface area contributed by atoms with Gasteiger partial charge in [-0.25, -0.2) is 8.42 Å². The van der Waals surface area contributed by atoms with Gasteiger partial charge in [-0.1, -0.05) is 36.4 Å². The van der Waals surface area contributed by atoms with Gasteiger partial charge in [-0.05, 0) is 56.2 Å². The fourth-order valence-electron chi connectivity index (χ4n) is 3.67. The Morgan fingerprint density at radius 2 is 1.87 bits per heavy atom. The Morgan fingerprint density at radius 3 is 2.63 bits per heavy atom. The zero-order valence-corrected chi connectivity index (χ0v) is 18.1. The predicted molar refractivity (Wildman–Crippen MR) is 115 cm³/mol. The lowest BCUT2D eigenvalue weighted by atomic mass is 10.1. The van der Waals surface area contributed by atoms with Gasteiger partial charge in [0.1, 0.15) is 11.8 Å². The number of rotatable bonds is 9. The number of hydrogen-bond acceptors (Lipinski definition) is 5. The molecular weight excluding hydrogens is 402 g/mol. The molecule has 0 saturated carbocycles. The molecule has 0 aromatic heterocycles. The Labute approximate surface area is 178 Å². The Hall–Kier alpha value is -2.38. The molecule has 2 aromatic rings. The number of aryl methyl sites for hydroxylation is 1. The molecule has 3 rings (SSSR count). The maximum Gasteiger partial charge on any atom is 0.324 e. The van der Waals surface area contributed by atoms with Gasteiger partial charge in [0, 0.05) is 12.6 Å². The first-order valence-corrected chi connectivity index (χ1v) is 11.8. The normalized spacial score (nSPS) is 17.4. The van der Waals surface area contributed by atoms with E-state index in [-0.39, 0.29) is 4.90 Å². The molecule has 0 radical (unpaired) electrons. The van der Waals surface area contributed by atoms with Crippen molar-refractivity contribution in [3.05, 3.63) is 60.2 Å². The molecule has 0 aliphatic carbocycles. The average molecular weight is 432 g/mol. The second-order valence-corrected chi connectivity index (χ2v) is 9.31. The number of esters is 1. The fraction of sp³-hybridized carbons (Fsp3) is 0.435. The van der Waals surface area contributed by atoms with E-state index in [1.54, 1.807) is 12.1 Å². The van der Waals surface area contributed by atoms with Crippen LogP contribution in [0.15, 0.2) is 59.5 Å². The van der Waals surface area contributed by atoms with Gasteiger partial charge in [0.05, 0.1) is 18.6 Å². The minimum absolute atomic E-state index is 0.129. The third-order valence-corrected chi connectivity index (χ3v) is 7.22. The van der Waals surface area contributed by atoms with E-state index >= 15 is 0 Å². The summed E-state index contributed by atoms with van der Waals surface area (Å²) in [6.45, 7) is 0.614. The van der Waals surface area contributed by atoms with Gasteiger partial charge in [-0.3, -0.25) is 4.79 Å². The number of ether oxygens (including phenoxy) is 2. The average Bonchev–Trinajstić information content (AvgIpc) is 2.79. The fourth-order valence-corrected chi connectivity index (χ4v) is 5.35. The number of benzene rings is 2. The van der Waals surface area contributed by atoms with Crippen molar-refractivity contribution < 1.29 is 22.7 Å². The Morgan fingerprint density at radius 1 is 1.07 bits per heavy atom. The van der Waals surface area contributed by atoms with Crippen molar-refractivity contribution in [2.45, 2.75) is 49.5 Å². The van der Waals surface area contributed by atoms with Gasteiger partial charge < -0.3 is 9.47 Å². The van der Waals surface area contributed by atoms with Crippen molar-refractivity contribution in [2.24, 2.45) is 0 Å². The third kappa shape index (κ3) is 5.61. The van der Waals surface area contributed by atoms with E-state index in [1.165, 1.54) is 29.1 Å². The molecule has 6 nitrogen and oxygen atoms in total. The molecule has 162 valence electrons. The maximum absolute atomic E-state index is 13.2. The number of methoxy groups -OCH3 is 1. The monoisotopic (exact) mass is 431 g/mol. The summed E-state index contributed by atoms with van der Waals surface area (Å²) in [6.07, 6.45) is 4.59. The predicted octanol–water partition coefficient (Wildman–Crippen LogP) is 3.80. The highest BCUT2D eigenvalue weighted by Gasteiger charge is 2.38. The molecule has 0 amide bonds. The summed E-state index contributed by atoms with van der Waals surface area (Å²) in [4.78, 5) is 12.8. The van der Waals surface area contributed by atoms with E-state index in [1.807, 2.05) is 18.2 Å². The summed E-state index contributed by atoms with van der Waals surface area (Å²) in [7, 11) is -2.32. The van der Waals surface area contributed by atoms with Crippen LogP contribution in [0.1, 0.15) is 37.7 Å². The van der Waals surface area contributed by atoms with Crippen molar-refractivity contribution in [3.63, 3.8) is 0 Å². The smallest absolute Gasteiger partial charge is 0.324 e. The molecule has 1 saturated heterocycles. The first-order valence-electron chi connectivity index (χ1n) is 10.4. The number of piperidine rings is 1. The number of carbonyl (C=O) groups is 1. The van der Waals surface area contributed by atoms with Crippen LogP contribution in [0.5, 0.6) is 5.75 Å². The van der Waals surface area contributed by atoms with Gasteiger partial charge in [0.25, 0.3) is 0 Å². The zero-order chi connectivity index (χ0) is 21.4. The standard InChI is InChI=1S/C23H29NO5S/c1-28-20-13-9-14-21(18-20)30(26,27)24-16-7-5-15-22(24)23(25)29-17-8-6-12-19-10-3-2-4-11-19/h2-4,9-11,13-14,18,22H,5-8,12,15-17H2,1H3. The van der Waals surface area contributed by atoms with Crippen LogP contribution in [0.4, 0.5) is 0 Å². The molecule has 0 bridgehead atoms. The highest BCUT2D eigenvalue weighted by atomic mass is 32.2. The summed E-state index contributed by atoms with van der Waals surface area (Å²) >= 11 is 0.